The van der Waals surface area contributed by atoms with E-state index in [1.807, 2.05) is 36.7 Å². The van der Waals surface area contributed by atoms with E-state index in [2.05, 4.69) is 10.3 Å². The minimum atomic E-state index is -0.494. The molecule has 3 N–H and O–H groups in total. The van der Waals surface area contributed by atoms with Crippen molar-refractivity contribution in [3.8, 4) is 0 Å². The zero-order chi connectivity index (χ0) is 17.3. The summed E-state index contributed by atoms with van der Waals surface area (Å²) >= 11 is 0. The number of rotatable bonds is 4. The number of nitrogens with one attached hydrogen (secondary N) is 1. The molecule has 24 heavy (non-hydrogen) atoms. The van der Waals surface area contributed by atoms with Crippen LogP contribution >= 0.6 is 0 Å². The molecule has 0 unspecified atom stereocenters. The van der Waals surface area contributed by atoms with Crippen LogP contribution in [-0.2, 0) is 18.3 Å². The van der Waals surface area contributed by atoms with Gasteiger partial charge >= 0.3 is 0 Å². The highest BCUT2D eigenvalue weighted by atomic mass is 16.2. The minimum Gasteiger partial charge on any atom is -0.366 e. The SMILES string of the molecule is Cc1nc2cc(CC(=O)Nc3ccc(C(N)=O)cc3)ccc2n1C. The summed E-state index contributed by atoms with van der Waals surface area (Å²) in [6.07, 6.45) is 0.253. The Bertz CT molecular complexity index is 926. The van der Waals surface area contributed by atoms with Crippen LogP contribution in [0.1, 0.15) is 21.7 Å². The Morgan fingerprint density at radius 2 is 1.88 bits per heavy atom. The lowest BCUT2D eigenvalue weighted by Crippen LogP contribution is -2.15. The van der Waals surface area contributed by atoms with Crippen LogP contribution in [0.5, 0.6) is 0 Å². The van der Waals surface area contributed by atoms with Gasteiger partial charge in [0.1, 0.15) is 5.82 Å². The number of hydrogen-bond donors (Lipinski definition) is 2. The summed E-state index contributed by atoms with van der Waals surface area (Å²) in [4.78, 5) is 27.7. The predicted molar refractivity (Wildman–Crippen MR) is 92.7 cm³/mol. The first-order valence-electron chi connectivity index (χ1n) is 7.56. The number of hydrogen-bond acceptors (Lipinski definition) is 3. The van der Waals surface area contributed by atoms with Crippen molar-refractivity contribution in [2.45, 2.75) is 13.3 Å². The van der Waals surface area contributed by atoms with Crippen LogP contribution in [0, 0.1) is 6.92 Å². The van der Waals surface area contributed by atoms with E-state index in [1.54, 1.807) is 24.3 Å². The minimum absolute atomic E-state index is 0.131. The van der Waals surface area contributed by atoms with Crippen LogP contribution < -0.4 is 11.1 Å². The number of nitrogens with zero attached hydrogens (tertiary/aromatic N) is 2. The van der Waals surface area contributed by atoms with Gasteiger partial charge in [-0.3, -0.25) is 9.59 Å². The normalized spacial score (nSPS) is 10.8. The highest BCUT2D eigenvalue weighted by Gasteiger charge is 2.09. The van der Waals surface area contributed by atoms with Crippen molar-refractivity contribution in [1.29, 1.82) is 0 Å². The highest BCUT2D eigenvalue weighted by molar-refractivity contribution is 5.95. The molecule has 0 saturated heterocycles. The largest absolute Gasteiger partial charge is 0.366 e. The maximum atomic E-state index is 12.2. The van der Waals surface area contributed by atoms with E-state index in [9.17, 15) is 9.59 Å². The molecule has 0 spiro atoms. The molecule has 3 aromatic rings. The number of primary amides is 1. The third-order valence-corrected chi connectivity index (χ3v) is 3.99. The van der Waals surface area contributed by atoms with E-state index in [0.29, 0.717) is 11.3 Å². The summed E-state index contributed by atoms with van der Waals surface area (Å²) in [7, 11) is 1.97. The number of aryl methyl sites for hydroxylation is 2. The van der Waals surface area contributed by atoms with Gasteiger partial charge in [-0.2, -0.15) is 0 Å². The zero-order valence-corrected chi connectivity index (χ0v) is 13.5. The summed E-state index contributed by atoms with van der Waals surface area (Å²) in [6, 6.07) is 12.3. The molecule has 0 radical (unpaired) electrons. The number of anilines is 1. The van der Waals surface area contributed by atoms with Crippen molar-refractivity contribution in [1.82, 2.24) is 9.55 Å². The van der Waals surface area contributed by atoms with E-state index in [0.717, 1.165) is 22.4 Å². The van der Waals surface area contributed by atoms with Gasteiger partial charge < -0.3 is 15.6 Å². The van der Waals surface area contributed by atoms with Gasteiger partial charge in [0.05, 0.1) is 17.5 Å². The first kappa shape index (κ1) is 15.7. The van der Waals surface area contributed by atoms with Crippen LogP contribution in [-0.4, -0.2) is 21.4 Å². The highest BCUT2D eigenvalue weighted by Crippen LogP contribution is 2.17. The average Bonchev–Trinajstić information content (AvgIpc) is 2.82. The number of carbonyl (C=O) groups is 2. The molecular weight excluding hydrogens is 304 g/mol. The number of benzene rings is 2. The van der Waals surface area contributed by atoms with Crippen molar-refractivity contribution in [2.75, 3.05) is 5.32 Å². The molecule has 2 amide bonds. The second-order valence-corrected chi connectivity index (χ2v) is 5.71. The van der Waals surface area contributed by atoms with Crippen LogP contribution in [0.25, 0.3) is 11.0 Å². The van der Waals surface area contributed by atoms with Crippen molar-refractivity contribution in [2.24, 2.45) is 12.8 Å². The first-order valence-corrected chi connectivity index (χ1v) is 7.56. The second-order valence-electron chi connectivity index (χ2n) is 5.71. The monoisotopic (exact) mass is 322 g/mol. The van der Waals surface area contributed by atoms with Gasteiger partial charge in [-0.05, 0) is 48.9 Å². The Balaban J connectivity index is 1.71. The predicted octanol–water partition coefficient (Wildman–Crippen LogP) is 2.16. The Kier molecular flexibility index (Phi) is 4.04. The molecule has 0 atom stereocenters. The molecule has 6 heteroatoms. The van der Waals surface area contributed by atoms with Crippen LogP contribution in [0.15, 0.2) is 42.5 Å². The fraction of sp³-hybridized carbons (Fsp3) is 0.167. The van der Waals surface area contributed by atoms with Gasteiger partial charge in [0, 0.05) is 18.3 Å². The first-order chi connectivity index (χ1) is 11.4. The quantitative estimate of drug-likeness (QED) is 0.771. The van der Waals surface area contributed by atoms with E-state index in [1.165, 1.54) is 0 Å². The van der Waals surface area contributed by atoms with Crippen LogP contribution in [0.4, 0.5) is 5.69 Å². The van der Waals surface area contributed by atoms with Gasteiger partial charge in [-0.25, -0.2) is 4.98 Å². The molecule has 0 aliphatic heterocycles. The van der Waals surface area contributed by atoms with Gasteiger partial charge in [0.15, 0.2) is 0 Å². The Morgan fingerprint density at radius 1 is 1.17 bits per heavy atom. The van der Waals surface area contributed by atoms with Crippen LogP contribution in [0.2, 0.25) is 0 Å². The van der Waals surface area contributed by atoms with Crippen LogP contribution in [0.3, 0.4) is 0 Å². The standard InChI is InChI=1S/C18H18N4O2/c1-11-20-15-9-12(3-8-16(15)22(11)2)10-17(23)21-14-6-4-13(5-7-14)18(19)24/h3-9H,10H2,1-2H3,(H2,19,24)(H,21,23). The molecule has 0 fully saturated rings. The fourth-order valence-electron chi connectivity index (χ4n) is 2.58. The second kappa shape index (κ2) is 6.16. The van der Waals surface area contributed by atoms with Crippen molar-refractivity contribution in [3.05, 3.63) is 59.4 Å². The number of fused-ring (bicyclic) bond motifs is 1. The maximum Gasteiger partial charge on any atom is 0.248 e. The number of nitrogens with two attached hydrogens (primary N) is 1. The Hall–Kier alpha value is -3.15. The fourth-order valence-corrected chi connectivity index (χ4v) is 2.58. The number of amides is 2. The Labute approximate surface area is 139 Å². The third-order valence-electron chi connectivity index (χ3n) is 3.99. The molecule has 2 aromatic carbocycles. The van der Waals surface area contributed by atoms with Crippen molar-refractivity contribution >= 4 is 28.5 Å². The molecule has 122 valence electrons. The maximum absolute atomic E-state index is 12.2. The topological polar surface area (TPSA) is 90.0 Å². The summed E-state index contributed by atoms with van der Waals surface area (Å²) in [5.74, 6) is 0.307. The zero-order valence-electron chi connectivity index (χ0n) is 13.5. The molecule has 6 nitrogen and oxygen atoms in total. The van der Waals surface area contributed by atoms with E-state index < -0.39 is 5.91 Å². The van der Waals surface area contributed by atoms with Gasteiger partial charge in [0.2, 0.25) is 11.8 Å². The Morgan fingerprint density at radius 3 is 2.54 bits per heavy atom. The van der Waals surface area contributed by atoms with Crippen molar-refractivity contribution < 1.29 is 9.59 Å². The van der Waals surface area contributed by atoms with E-state index >= 15 is 0 Å². The molecule has 0 bridgehead atoms. The number of aromatic nitrogens is 2. The lowest BCUT2D eigenvalue weighted by Gasteiger charge is -2.06. The summed E-state index contributed by atoms with van der Waals surface area (Å²) in [5.41, 5.74) is 9.04. The summed E-state index contributed by atoms with van der Waals surface area (Å²) < 4.78 is 2.01. The van der Waals surface area contributed by atoms with Gasteiger partial charge in [-0.15, -0.1) is 0 Å². The van der Waals surface area contributed by atoms with Gasteiger partial charge in [-0.1, -0.05) is 6.07 Å². The van der Waals surface area contributed by atoms with E-state index in [-0.39, 0.29) is 12.3 Å². The molecule has 0 saturated carbocycles. The smallest absolute Gasteiger partial charge is 0.248 e. The molecule has 1 heterocycles. The summed E-state index contributed by atoms with van der Waals surface area (Å²) in [5, 5.41) is 2.80. The molecule has 0 aliphatic rings. The summed E-state index contributed by atoms with van der Waals surface area (Å²) in [6.45, 7) is 1.95. The molecule has 0 aliphatic carbocycles. The number of imidazole rings is 1. The average molecular weight is 322 g/mol. The lowest BCUT2D eigenvalue weighted by atomic mass is 10.1. The third kappa shape index (κ3) is 3.12. The van der Waals surface area contributed by atoms with Crippen molar-refractivity contribution in [3.63, 3.8) is 0 Å². The molecule has 3 rings (SSSR count). The number of carbonyl (C=O) groups excluding carboxylic acids is 2. The molecule has 1 aromatic heterocycles. The lowest BCUT2D eigenvalue weighted by molar-refractivity contribution is -0.115. The van der Waals surface area contributed by atoms with Gasteiger partial charge in [0.25, 0.3) is 0 Å². The molecular formula is C18H18N4O2. The van der Waals surface area contributed by atoms with E-state index in [4.69, 9.17) is 5.73 Å².